The van der Waals surface area contributed by atoms with Crippen LogP contribution in [0.4, 0.5) is 0 Å². The van der Waals surface area contributed by atoms with Gasteiger partial charge >= 0.3 is 0 Å². The second-order valence-corrected chi connectivity index (χ2v) is 7.88. The van der Waals surface area contributed by atoms with E-state index in [-0.39, 0.29) is 23.3 Å². The van der Waals surface area contributed by atoms with Crippen LogP contribution in [-0.2, 0) is 21.5 Å². The van der Waals surface area contributed by atoms with Crippen LogP contribution in [0.25, 0.3) is 0 Å². The Bertz CT molecular complexity index is 771. The maximum atomic E-state index is 13.0. The van der Waals surface area contributed by atoms with E-state index >= 15 is 0 Å². The molecule has 1 saturated heterocycles. The minimum atomic E-state index is -0.354. The zero-order valence-electron chi connectivity index (χ0n) is 16.2. The van der Waals surface area contributed by atoms with Crippen molar-refractivity contribution in [1.82, 2.24) is 10.2 Å². The lowest BCUT2D eigenvalue weighted by Gasteiger charge is -2.30. The summed E-state index contributed by atoms with van der Waals surface area (Å²) < 4.78 is 0. The third-order valence-electron chi connectivity index (χ3n) is 5.33. The molecule has 2 aromatic rings. The predicted molar refractivity (Wildman–Crippen MR) is 107 cm³/mol. The van der Waals surface area contributed by atoms with Crippen LogP contribution in [0, 0.1) is 0 Å². The summed E-state index contributed by atoms with van der Waals surface area (Å²) in [7, 11) is 0. The number of carbonyl (C=O) groups excluding carboxylic acids is 2. The Balaban J connectivity index is 1.61. The van der Waals surface area contributed by atoms with E-state index in [0.717, 1.165) is 24.0 Å². The Kier molecular flexibility index (Phi) is 5.94. The molecule has 1 N–H and O–H groups in total. The molecule has 1 atom stereocenters. The first-order valence-corrected chi connectivity index (χ1v) is 9.64. The first kappa shape index (κ1) is 19.2. The fraction of sp³-hybridized carbons (Fsp3) is 0.391. The van der Waals surface area contributed by atoms with E-state index in [1.807, 2.05) is 48.5 Å². The summed E-state index contributed by atoms with van der Waals surface area (Å²) in [6.07, 6.45) is 2.01. The highest BCUT2D eigenvalue weighted by Crippen LogP contribution is 2.29. The van der Waals surface area contributed by atoms with E-state index in [2.05, 4.69) is 31.3 Å². The number of hydrogen-bond acceptors (Lipinski definition) is 2. The Morgan fingerprint density at radius 2 is 1.67 bits per heavy atom. The highest BCUT2D eigenvalue weighted by atomic mass is 16.2. The van der Waals surface area contributed by atoms with Crippen LogP contribution < -0.4 is 5.32 Å². The lowest BCUT2D eigenvalue weighted by Crippen LogP contribution is -2.47. The quantitative estimate of drug-likeness (QED) is 0.850. The summed E-state index contributed by atoms with van der Waals surface area (Å²) in [4.78, 5) is 27.4. The SMILES string of the molecule is CC(C)(CC(=O)N1CCC[C@H]1C(=O)NCc1ccccc1)c1ccccc1. The summed E-state index contributed by atoms with van der Waals surface area (Å²) in [5.74, 6) is 0.00318. The molecule has 1 heterocycles. The number of nitrogens with zero attached hydrogens (tertiary/aromatic N) is 1. The number of likely N-dealkylation sites (tertiary alicyclic amines) is 1. The smallest absolute Gasteiger partial charge is 0.243 e. The number of hydrogen-bond donors (Lipinski definition) is 1. The highest BCUT2D eigenvalue weighted by Gasteiger charge is 2.36. The maximum absolute atomic E-state index is 13.0. The van der Waals surface area contributed by atoms with E-state index < -0.39 is 0 Å². The van der Waals surface area contributed by atoms with Crippen molar-refractivity contribution in [3.63, 3.8) is 0 Å². The molecule has 0 spiro atoms. The Morgan fingerprint density at radius 1 is 1.04 bits per heavy atom. The van der Waals surface area contributed by atoms with Crippen molar-refractivity contribution in [3.05, 3.63) is 71.8 Å². The molecule has 0 unspecified atom stereocenters. The Labute approximate surface area is 161 Å². The molecule has 2 aromatic carbocycles. The van der Waals surface area contributed by atoms with Gasteiger partial charge in [0.2, 0.25) is 11.8 Å². The molecule has 3 rings (SSSR count). The van der Waals surface area contributed by atoms with Crippen molar-refractivity contribution < 1.29 is 9.59 Å². The van der Waals surface area contributed by atoms with E-state index in [1.54, 1.807) is 4.90 Å². The van der Waals surface area contributed by atoms with Crippen LogP contribution in [0.15, 0.2) is 60.7 Å². The zero-order valence-corrected chi connectivity index (χ0v) is 16.2. The normalized spacial score (nSPS) is 17.0. The van der Waals surface area contributed by atoms with E-state index in [4.69, 9.17) is 0 Å². The molecular formula is C23H28N2O2. The van der Waals surface area contributed by atoms with Gasteiger partial charge in [-0.3, -0.25) is 9.59 Å². The third kappa shape index (κ3) is 4.76. The molecule has 1 aliphatic heterocycles. The second-order valence-electron chi connectivity index (χ2n) is 7.88. The Morgan fingerprint density at radius 3 is 2.33 bits per heavy atom. The lowest BCUT2D eigenvalue weighted by atomic mass is 9.81. The van der Waals surface area contributed by atoms with E-state index in [9.17, 15) is 9.59 Å². The molecule has 0 aliphatic carbocycles. The molecule has 0 saturated carbocycles. The van der Waals surface area contributed by atoms with E-state index in [0.29, 0.717) is 19.5 Å². The van der Waals surface area contributed by atoms with Crippen LogP contribution in [0.3, 0.4) is 0 Å². The molecule has 0 bridgehead atoms. The van der Waals surface area contributed by atoms with Crippen molar-refractivity contribution in [1.29, 1.82) is 0 Å². The van der Waals surface area contributed by atoms with Crippen LogP contribution in [-0.4, -0.2) is 29.3 Å². The van der Waals surface area contributed by atoms with Gasteiger partial charge in [0.15, 0.2) is 0 Å². The van der Waals surface area contributed by atoms with Crippen molar-refractivity contribution in [2.45, 2.75) is 51.1 Å². The van der Waals surface area contributed by atoms with Gasteiger partial charge in [-0.15, -0.1) is 0 Å². The largest absolute Gasteiger partial charge is 0.350 e. The van der Waals surface area contributed by atoms with Gasteiger partial charge in [-0.2, -0.15) is 0 Å². The predicted octanol–water partition coefficient (Wildman–Crippen LogP) is 3.66. The van der Waals surface area contributed by atoms with Gasteiger partial charge in [0.25, 0.3) is 0 Å². The summed E-state index contributed by atoms with van der Waals surface area (Å²) in [5.41, 5.74) is 1.95. The van der Waals surface area contributed by atoms with Gasteiger partial charge in [-0.1, -0.05) is 74.5 Å². The summed E-state index contributed by atoms with van der Waals surface area (Å²) in [5, 5.41) is 2.99. The van der Waals surface area contributed by atoms with Gasteiger partial charge in [0.1, 0.15) is 6.04 Å². The van der Waals surface area contributed by atoms with Gasteiger partial charge in [-0.05, 0) is 29.4 Å². The van der Waals surface area contributed by atoms with Crippen LogP contribution in [0.5, 0.6) is 0 Å². The molecular weight excluding hydrogens is 336 g/mol. The van der Waals surface area contributed by atoms with Gasteiger partial charge < -0.3 is 10.2 Å². The zero-order chi connectivity index (χ0) is 19.3. The average Bonchev–Trinajstić information content (AvgIpc) is 3.17. The summed E-state index contributed by atoms with van der Waals surface area (Å²) in [6.45, 7) is 5.32. The van der Waals surface area contributed by atoms with Gasteiger partial charge in [0.05, 0.1) is 0 Å². The molecule has 0 aromatic heterocycles. The fourth-order valence-corrected chi connectivity index (χ4v) is 3.71. The first-order valence-electron chi connectivity index (χ1n) is 9.64. The van der Waals surface area contributed by atoms with Crippen molar-refractivity contribution >= 4 is 11.8 Å². The summed E-state index contributed by atoms with van der Waals surface area (Å²) >= 11 is 0. The third-order valence-corrected chi connectivity index (χ3v) is 5.33. The van der Waals surface area contributed by atoms with Crippen LogP contribution >= 0.6 is 0 Å². The Hall–Kier alpha value is -2.62. The summed E-state index contributed by atoms with van der Waals surface area (Å²) in [6, 6.07) is 19.6. The minimum Gasteiger partial charge on any atom is -0.350 e. The number of nitrogens with one attached hydrogen (secondary N) is 1. The molecule has 1 aliphatic rings. The molecule has 4 nitrogen and oxygen atoms in total. The number of carbonyl (C=O) groups is 2. The van der Waals surface area contributed by atoms with Crippen molar-refractivity contribution in [2.24, 2.45) is 0 Å². The monoisotopic (exact) mass is 364 g/mol. The topological polar surface area (TPSA) is 49.4 Å². The highest BCUT2D eigenvalue weighted by molar-refractivity contribution is 5.88. The molecule has 1 fully saturated rings. The van der Waals surface area contributed by atoms with Crippen LogP contribution in [0.1, 0.15) is 44.2 Å². The molecule has 2 amide bonds. The number of benzene rings is 2. The van der Waals surface area contributed by atoms with E-state index in [1.165, 1.54) is 0 Å². The fourth-order valence-electron chi connectivity index (χ4n) is 3.71. The lowest BCUT2D eigenvalue weighted by molar-refractivity contribution is -0.139. The number of amides is 2. The minimum absolute atomic E-state index is 0.0535. The molecule has 4 heteroatoms. The molecule has 27 heavy (non-hydrogen) atoms. The average molecular weight is 364 g/mol. The van der Waals surface area contributed by atoms with Crippen molar-refractivity contribution in [3.8, 4) is 0 Å². The van der Waals surface area contributed by atoms with Gasteiger partial charge in [-0.25, -0.2) is 0 Å². The standard InChI is InChI=1S/C23H28N2O2/c1-23(2,19-12-7-4-8-13-19)16-21(26)25-15-9-14-20(25)22(27)24-17-18-10-5-3-6-11-18/h3-8,10-13,20H,9,14-17H2,1-2H3,(H,24,27)/t20-/m0/s1. The van der Waals surface area contributed by atoms with Crippen LogP contribution in [0.2, 0.25) is 0 Å². The number of rotatable bonds is 6. The molecule has 0 radical (unpaired) electrons. The molecule has 142 valence electrons. The maximum Gasteiger partial charge on any atom is 0.243 e. The van der Waals surface area contributed by atoms with Crippen molar-refractivity contribution in [2.75, 3.05) is 6.54 Å². The second kappa shape index (κ2) is 8.38. The first-order chi connectivity index (χ1) is 13.0. The van der Waals surface area contributed by atoms with Gasteiger partial charge in [0, 0.05) is 19.5 Å².